The monoisotopic (exact) mass is 166 g/mol. The predicted octanol–water partition coefficient (Wildman–Crippen LogP) is -0.483. The number of rotatable bonds is 0. The SMILES string of the molecule is Cc1nn2c(c1N)C(=O)NCC2. The summed E-state index contributed by atoms with van der Waals surface area (Å²) in [7, 11) is 0. The van der Waals surface area contributed by atoms with Gasteiger partial charge in [0.1, 0.15) is 5.69 Å². The average Bonchev–Trinajstić information content (AvgIpc) is 2.29. The molecule has 2 heterocycles. The molecule has 3 N–H and O–H groups in total. The van der Waals surface area contributed by atoms with Crippen LogP contribution >= 0.6 is 0 Å². The van der Waals surface area contributed by atoms with Gasteiger partial charge in [0, 0.05) is 6.54 Å². The predicted molar refractivity (Wildman–Crippen MR) is 43.7 cm³/mol. The van der Waals surface area contributed by atoms with E-state index in [4.69, 9.17) is 5.73 Å². The molecule has 0 unspecified atom stereocenters. The number of nitrogens with two attached hydrogens (primary N) is 1. The van der Waals surface area contributed by atoms with Crippen LogP contribution in [0.25, 0.3) is 0 Å². The first-order chi connectivity index (χ1) is 5.70. The topological polar surface area (TPSA) is 72.9 Å². The van der Waals surface area contributed by atoms with Crippen molar-refractivity contribution in [2.75, 3.05) is 12.3 Å². The standard InChI is InChI=1S/C7H10N4O/c1-4-5(8)6-7(12)9-2-3-11(6)10-4/h2-3,8H2,1H3,(H,9,12). The van der Waals surface area contributed by atoms with Crippen molar-refractivity contribution in [1.29, 1.82) is 0 Å². The molecule has 0 bridgehead atoms. The number of carbonyl (C=O) groups excluding carboxylic acids is 1. The lowest BCUT2D eigenvalue weighted by Crippen LogP contribution is -2.35. The van der Waals surface area contributed by atoms with Crippen molar-refractivity contribution < 1.29 is 4.79 Å². The summed E-state index contributed by atoms with van der Waals surface area (Å²) in [6, 6.07) is 0. The van der Waals surface area contributed by atoms with Gasteiger partial charge in [0.05, 0.1) is 17.9 Å². The fourth-order valence-corrected chi connectivity index (χ4v) is 1.36. The van der Waals surface area contributed by atoms with E-state index in [-0.39, 0.29) is 5.91 Å². The van der Waals surface area contributed by atoms with Crippen LogP contribution in [0, 0.1) is 6.92 Å². The number of hydrogen-bond acceptors (Lipinski definition) is 3. The van der Waals surface area contributed by atoms with Crippen LogP contribution in [0.5, 0.6) is 0 Å². The molecule has 1 aromatic heterocycles. The third kappa shape index (κ3) is 0.792. The van der Waals surface area contributed by atoms with E-state index in [0.717, 1.165) is 5.69 Å². The second kappa shape index (κ2) is 2.23. The van der Waals surface area contributed by atoms with Crippen LogP contribution in [-0.4, -0.2) is 22.2 Å². The molecule has 1 aliphatic heterocycles. The molecule has 0 fully saturated rings. The van der Waals surface area contributed by atoms with E-state index in [1.165, 1.54) is 0 Å². The van der Waals surface area contributed by atoms with E-state index in [1.807, 2.05) is 0 Å². The molecule has 1 amide bonds. The molecule has 0 aromatic carbocycles. The van der Waals surface area contributed by atoms with E-state index < -0.39 is 0 Å². The van der Waals surface area contributed by atoms with Gasteiger partial charge < -0.3 is 11.1 Å². The van der Waals surface area contributed by atoms with Gasteiger partial charge in [-0.1, -0.05) is 0 Å². The van der Waals surface area contributed by atoms with E-state index in [9.17, 15) is 4.79 Å². The molecular formula is C7H10N4O. The summed E-state index contributed by atoms with van der Waals surface area (Å²) >= 11 is 0. The van der Waals surface area contributed by atoms with E-state index in [0.29, 0.717) is 24.5 Å². The number of aromatic nitrogens is 2. The maximum atomic E-state index is 11.3. The molecular weight excluding hydrogens is 156 g/mol. The van der Waals surface area contributed by atoms with Crippen LogP contribution in [-0.2, 0) is 6.54 Å². The van der Waals surface area contributed by atoms with Gasteiger partial charge >= 0.3 is 0 Å². The molecule has 0 spiro atoms. The van der Waals surface area contributed by atoms with E-state index in [1.54, 1.807) is 11.6 Å². The van der Waals surface area contributed by atoms with Gasteiger partial charge in [0.25, 0.3) is 5.91 Å². The maximum Gasteiger partial charge on any atom is 0.271 e. The summed E-state index contributed by atoms with van der Waals surface area (Å²) in [6.45, 7) is 3.14. The minimum absolute atomic E-state index is 0.126. The highest BCUT2D eigenvalue weighted by atomic mass is 16.2. The summed E-state index contributed by atoms with van der Waals surface area (Å²) < 4.78 is 1.66. The van der Waals surface area contributed by atoms with Crippen molar-refractivity contribution in [3.63, 3.8) is 0 Å². The summed E-state index contributed by atoms with van der Waals surface area (Å²) in [6.07, 6.45) is 0. The molecule has 12 heavy (non-hydrogen) atoms. The molecule has 5 nitrogen and oxygen atoms in total. The largest absolute Gasteiger partial charge is 0.395 e. The number of amides is 1. The first-order valence-electron chi connectivity index (χ1n) is 3.81. The van der Waals surface area contributed by atoms with Gasteiger partial charge in [-0.15, -0.1) is 0 Å². The lowest BCUT2D eigenvalue weighted by atomic mass is 10.2. The molecule has 1 aromatic rings. The summed E-state index contributed by atoms with van der Waals surface area (Å²) in [5.41, 5.74) is 7.39. The number of fused-ring (bicyclic) bond motifs is 1. The molecule has 0 radical (unpaired) electrons. The number of nitrogen functional groups attached to an aromatic ring is 1. The van der Waals surface area contributed by atoms with Gasteiger partial charge in [-0.2, -0.15) is 5.10 Å². The van der Waals surface area contributed by atoms with Crippen molar-refractivity contribution in [3.8, 4) is 0 Å². The quantitative estimate of drug-likeness (QED) is 0.546. The highest BCUT2D eigenvalue weighted by molar-refractivity contribution is 5.98. The molecule has 64 valence electrons. The second-order valence-corrected chi connectivity index (χ2v) is 2.83. The molecule has 2 rings (SSSR count). The zero-order chi connectivity index (χ0) is 8.72. The third-order valence-corrected chi connectivity index (χ3v) is 2.00. The van der Waals surface area contributed by atoms with Gasteiger partial charge in [-0.05, 0) is 6.92 Å². The second-order valence-electron chi connectivity index (χ2n) is 2.83. The Bertz CT molecular complexity index is 341. The van der Waals surface area contributed by atoms with Crippen LogP contribution in [0.15, 0.2) is 0 Å². The van der Waals surface area contributed by atoms with Crippen molar-refractivity contribution in [2.24, 2.45) is 0 Å². The molecule has 0 saturated heterocycles. The van der Waals surface area contributed by atoms with Gasteiger partial charge in [0.15, 0.2) is 0 Å². The van der Waals surface area contributed by atoms with Crippen molar-refractivity contribution in [3.05, 3.63) is 11.4 Å². The molecule has 1 aliphatic rings. The number of nitrogens with one attached hydrogen (secondary N) is 1. The van der Waals surface area contributed by atoms with E-state index >= 15 is 0 Å². The Hall–Kier alpha value is -1.52. The lowest BCUT2D eigenvalue weighted by Gasteiger charge is -2.13. The minimum Gasteiger partial charge on any atom is -0.395 e. The van der Waals surface area contributed by atoms with Crippen molar-refractivity contribution in [1.82, 2.24) is 15.1 Å². The molecule has 0 atom stereocenters. The number of anilines is 1. The van der Waals surface area contributed by atoms with Gasteiger partial charge in [0.2, 0.25) is 0 Å². The Morgan fingerprint density at radius 2 is 2.42 bits per heavy atom. The van der Waals surface area contributed by atoms with Crippen LogP contribution in [0.2, 0.25) is 0 Å². The van der Waals surface area contributed by atoms with E-state index in [2.05, 4.69) is 10.4 Å². The molecule has 0 aliphatic carbocycles. The Morgan fingerprint density at radius 1 is 1.67 bits per heavy atom. The molecule has 0 saturated carbocycles. The lowest BCUT2D eigenvalue weighted by molar-refractivity contribution is 0.0925. The number of carbonyl (C=O) groups is 1. The first kappa shape index (κ1) is 7.15. The van der Waals surface area contributed by atoms with Crippen LogP contribution in [0.3, 0.4) is 0 Å². The summed E-state index contributed by atoms with van der Waals surface area (Å²) in [4.78, 5) is 11.3. The fourth-order valence-electron chi connectivity index (χ4n) is 1.36. The van der Waals surface area contributed by atoms with Crippen LogP contribution in [0.1, 0.15) is 16.2 Å². The summed E-state index contributed by atoms with van der Waals surface area (Å²) in [5, 5.41) is 6.84. The van der Waals surface area contributed by atoms with Gasteiger partial charge in [-0.25, -0.2) is 0 Å². The zero-order valence-corrected chi connectivity index (χ0v) is 6.79. The normalized spacial score (nSPS) is 15.6. The first-order valence-corrected chi connectivity index (χ1v) is 3.81. The third-order valence-electron chi connectivity index (χ3n) is 2.00. The van der Waals surface area contributed by atoms with Crippen LogP contribution < -0.4 is 11.1 Å². The Morgan fingerprint density at radius 3 is 3.08 bits per heavy atom. The van der Waals surface area contributed by atoms with Crippen LogP contribution in [0.4, 0.5) is 5.69 Å². The Kier molecular flexibility index (Phi) is 1.33. The highest BCUT2D eigenvalue weighted by Gasteiger charge is 2.22. The number of nitrogens with zero attached hydrogens (tertiary/aromatic N) is 2. The van der Waals surface area contributed by atoms with Gasteiger partial charge in [-0.3, -0.25) is 9.48 Å². The smallest absolute Gasteiger partial charge is 0.271 e. The maximum absolute atomic E-state index is 11.3. The van der Waals surface area contributed by atoms with Crippen molar-refractivity contribution in [2.45, 2.75) is 13.5 Å². The van der Waals surface area contributed by atoms with Crippen molar-refractivity contribution >= 4 is 11.6 Å². The number of hydrogen-bond donors (Lipinski definition) is 2. The number of aryl methyl sites for hydroxylation is 1. The zero-order valence-electron chi connectivity index (χ0n) is 6.79. The Balaban J connectivity index is 2.61. The summed E-state index contributed by atoms with van der Waals surface area (Å²) in [5.74, 6) is -0.126. The average molecular weight is 166 g/mol. The fraction of sp³-hybridized carbons (Fsp3) is 0.429. The minimum atomic E-state index is -0.126. The Labute approximate surface area is 69.5 Å². The molecule has 5 heteroatoms. The highest BCUT2D eigenvalue weighted by Crippen LogP contribution is 2.17.